The largest absolute Gasteiger partial charge is 0.573 e. The highest BCUT2D eigenvalue weighted by atomic mass is 19.4. The van der Waals surface area contributed by atoms with Crippen molar-refractivity contribution < 1.29 is 17.9 Å². The number of terminal acetylenes is 1. The molecule has 0 aliphatic rings. The van der Waals surface area contributed by atoms with Crippen molar-refractivity contribution in [1.29, 1.82) is 0 Å². The molecule has 32 heavy (non-hydrogen) atoms. The number of halogens is 3. The van der Waals surface area contributed by atoms with Crippen molar-refractivity contribution >= 4 is 23.2 Å². The number of hydrogen-bond acceptors (Lipinski definition) is 4. The second-order valence-electron chi connectivity index (χ2n) is 6.63. The summed E-state index contributed by atoms with van der Waals surface area (Å²) in [7, 11) is 0. The molecule has 2 heterocycles. The van der Waals surface area contributed by atoms with Crippen LogP contribution in [0.2, 0.25) is 0 Å². The summed E-state index contributed by atoms with van der Waals surface area (Å²) in [6.45, 7) is 0. The van der Waals surface area contributed by atoms with Crippen molar-refractivity contribution in [3.63, 3.8) is 0 Å². The van der Waals surface area contributed by atoms with Gasteiger partial charge in [-0.2, -0.15) is 0 Å². The molecule has 0 unspecified atom stereocenters. The van der Waals surface area contributed by atoms with Gasteiger partial charge in [0, 0.05) is 11.8 Å². The normalized spacial score (nSPS) is 11.6. The lowest BCUT2D eigenvalue weighted by atomic mass is 10.2. The standard InChI is InChI=1S/C24H14F3N3O2/c1-2-16-8-11-18(12-9-16)30-21(29-22-20(23(30)31)7-4-14-28-22)13-10-17-5-3-6-19(15-17)32-24(25,26)27/h1,3-15H/b13-10+. The summed E-state index contributed by atoms with van der Waals surface area (Å²) in [5, 5.41) is 0.325. The number of fused-ring (bicyclic) bond motifs is 1. The average Bonchev–Trinajstić information content (AvgIpc) is 2.77. The maximum Gasteiger partial charge on any atom is 0.573 e. The summed E-state index contributed by atoms with van der Waals surface area (Å²) < 4.78 is 42.9. The van der Waals surface area contributed by atoms with Gasteiger partial charge in [0.2, 0.25) is 0 Å². The van der Waals surface area contributed by atoms with Gasteiger partial charge in [0.1, 0.15) is 11.6 Å². The molecule has 0 atom stereocenters. The fourth-order valence-corrected chi connectivity index (χ4v) is 3.09. The Labute approximate surface area is 180 Å². The van der Waals surface area contributed by atoms with E-state index in [1.54, 1.807) is 42.5 Å². The number of aromatic nitrogens is 3. The van der Waals surface area contributed by atoms with Gasteiger partial charge in [-0.1, -0.05) is 24.1 Å². The van der Waals surface area contributed by atoms with Crippen molar-refractivity contribution in [2.45, 2.75) is 6.36 Å². The Kier molecular flexibility index (Phi) is 5.48. The minimum Gasteiger partial charge on any atom is -0.406 e. The number of rotatable bonds is 4. The van der Waals surface area contributed by atoms with Crippen LogP contribution in [0.1, 0.15) is 17.0 Å². The summed E-state index contributed by atoms with van der Waals surface area (Å²) in [4.78, 5) is 21.8. The predicted molar refractivity (Wildman–Crippen MR) is 115 cm³/mol. The van der Waals surface area contributed by atoms with Gasteiger partial charge >= 0.3 is 6.36 Å². The second-order valence-corrected chi connectivity index (χ2v) is 6.63. The fourth-order valence-electron chi connectivity index (χ4n) is 3.09. The SMILES string of the molecule is C#Cc1ccc(-n2c(/C=C/c3cccc(OC(F)(F)F)c3)nc3ncccc3c2=O)cc1. The molecule has 4 rings (SSSR count). The third kappa shape index (κ3) is 4.52. The van der Waals surface area contributed by atoms with Crippen LogP contribution in [0, 0.1) is 12.3 Å². The first-order valence-corrected chi connectivity index (χ1v) is 9.33. The summed E-state index contributed by atoms with van der Waals surface area (Å²) in [5.74, 6) is 2.41. The highest BCUT2D eigenvalue weighted by Crippen LogP contribution is 2.24. The van der Waals surface area contributed by atoms with E-state index < -0.39 is 6.36 Å². The molecule has 0 fully saturated rings. The lowest BCUT2D eigenvalue weighted by molar-refractivity contribution is -0.274. The van der Waals surface area contributed by atoms with Crippen molar-refractivity contribution in [2.24, 2.45) is 0 Å². The molecule has 0 radical (unpaired) electrons. The van der Waals surface area contributed by atoms with E-state index in [1.807, 2.05) is 0 Å². The van der Waals surface area contributed by atoms with E-state index in [-0.39, 0.29) is 22.8 Å². The molecular formula is C24H14F3N3O2. The Balaban J connectivity index is 1.82. The maximum absolute atomic E-state index is 13.2. The molecule has 0 N–H and O–H groups in total. The Morgan fingerprint density at radius 1 is 1.03 bits per heavy atom. The van der Waals surface area contributed by atoms with Gasteiger partial charge in [0.05, 0.1) is 11.1 Å². The molecule has 4 aromatic rings. The molecule has 0 aliphatic carbocycles. The highest BCUT2D eigenvalue weighted by Gasteiger charge is 2.31. The monoisotopic (exact) mass is 433 g/mol. The summed E-state index contributed by atoms with van der Waals surface area (Å²) in [5.41, 5.74) is 1.52. The first-order chi connectivity index (χ1) is 15.3. The van der Waals surface area contributed by atoms with Crippen LogP contribution in [0.15, 0.2) is 71.7 Å². The summed E-state index contributed by atoms with van der Waals surface area (Å²) in [6.07, 6.45) is 5.19. The number of pyridine rings is 1. The van der Waals surface area contributed by atoms with E-state index in [0.29, 0.717) is 22.2 Å². The van der Waals surface area contributed by atoms with Crippen LogP contribution in [0.5, 0.6) is 5.75 Å². The zero-order chi connectivity index (χ0) is 22.7. The Morgan fingerprint density at radius 3 is 2.53 bits per heavy atom. The Morgan fingerprint density at radius 2 is 1.81 bits per heavy atom. The van der Waals surface area contributed by atoms with Crippen LogP contribution in [-0.4, -0.2) is 20.9 Å². The third-order valence-corrected chi connectivity index (χ3v) is 4.48. The zero-order valence-electron chi connectivity index (χ0n) is 16.4. The van der Waals surface area contributed by atoms with Crippen molar-refractivity contribution in [1.82, 2.24) is 14.5 Å². The summed E-state index contributed by atoms with van der Waals surface area (Å²) >= 11 is 0. The third-order valence-electron chi connectivity index (χ3n) is 4.48. The minimum absolute atomic E-state index is 0.247. The van der Waals surface area contributed by atoms with Crippen LogP contribution in [0.4, 0.5) is 13.2 Å². The number of ether oxygens (including phenoxy) is 1. The molecule has 5 nitrogen and oxygen atoms in total. The minimum atomic E-state index is -4.79. The van der Waals surface area contributed by atoms with Crippen LogP contribution in [0.3, 0.4) is 0 Å². The van der Waals surface area contributed by atoms with E-state index in [0.717, 1.165) is 0 Å². The van der Waals surface area contributed by atoms with Gasteiger partial charge in [-0.3, -0.25) is 9.36 Å². The van der Waals surface area contributed by atoms with Gasteiger partial charge in [0.25, 0.3) is 5.56 Å². The average molecular weight is 433 g/mol. The Bertz CT molecular complexity index is 1420. The number of hydrogen-bond donors (Lipinski definition) is 0. The molecule has 158 valence electrons. The van der Waals surface area contributed by atoms with Gasteiger partial charge < -0.3 is 4.74 Å². The van der Waals surface area contributed by atoms with Gasteiger partial charge in [0.15, 0.2) is 5.65 Å². The first kappa shape index (κ1) is 20.9. The van der Waals surface area contributed by atoms with Gasteiger partial charge in [-0.05, 0) is 60.2 Å². The molecule has 0 amide bonds. The molecule has 0 aliphatic heterocycles. The van der Waals surface area contributed by atoms with E-state index in [9.17, 15) is 18.0 Å². The van der Waals surface area contributed by atoms with Crippen LogP contribution < -0.4 is 10.3 Å². The van der Waals surface area contributed by atoms with Crippen molar-refractivity contribution in [3.05, 3.63) is 94.2 Å². The zero-order valence-corrected chi connectivity index (χ0v) is 16.4. The lowest BCUT2D eigenvalue weighted by Crippen LogP contribution is -2.22. The molecule has 0 saturated carbocycles. The molecule has 2 aromatic heterocycles. The highest BCUT2D eigenvalue weighted by molar-refractivity contribution is 5.77. The van der Waals surface area contributed by atoms with Gasteiger partial charge in [-0.15, -0.1) is 19.6 Å². The van der Waals surface area contributed by atoms with Gasteiger partial charge in [-0.25, -0.2) is 9.97 Å². The topological polar surface area (TPSA) is 57.0 Å². The quantitative estimate of drug-likeness (QED) is 0.433. The van der Waals surface area contributed by atoms with E-state index in [1.165, 1.54) is 41.1 Å². The predicted octanol–water partition coefficient (Wildman–Crippen LogP) is 4.83. The van der Waals surface area contributed by atoms with E-state index in [4.69, 9.17) is 6.42 Å². The molecule has 8 heteroatoms. The number of alkyl halides is 3. The van der Waals surface area contributed by atoms with E-state index >= 15 is 0 Å². The van der Waals surface area contributed by atoms with Crippen LogP contribution in [-0.2, 0) is 0 Å². The van der Waals surface area contributed by atoms with Crippen LogP contribution >= 0.6 is 0 Å². The molecule has 0 bridgehead atoms. The molecule has 2 aromatic carbocycles. The van der Waals surface area contributed by atoms with Crippen molar-refractivity contribution in [2.75, 3.05) is 0 Å². The van der Waals surface area contributed by atoms with Crippen LogP contribution in [0.25, 0.3) is 28.9 Å². The van der Waals surface area contributed by atoms with E-state index in [2.05, 4.69) is 20.6 Å². The smallest absolute Gasteiger partial charge is 0.406 e. The number of nitrogens with zero attached hydrogens (tertiary/aromatic N) is 3. The van der Waals surface area contributed by atoms with Crippen molar-refractivity contribution in [3.8, 4) is 23.8 Å². The number of benzene rings is 2. The molecule has 0 saturated heterocycles. The Hall–Kier alpha value is -4.38. The summed E-state index contributed by atoms with van der Waals surface area (Å²) in [6, 6.07) is 15.5. The fraction of sp³-hybridized carbons (Fsp3) is 0.0417. The lowest BCUT2D eigenvalue weighted by Gasteiger charge is -2.11. The molecule has 0 spiro atoms. The molecular weight excluding hydrogens is 419 g/mol. The second kappa shape index (κ2) is 8.40. The first-order valence-electron chi connectivity index (χ1n) is 9.33. The maximum atomic E-state index is 13.2.